The van der Waals surface area contributed by atoms with Gasteiger partial charge in [0.05, 0.1) is 18.2 Å². The Kier molecular flexibility index (Phi) is 5.90. The van der Waals surface area contributed by atoms with Crippen LogP contribution in [0.2, 0.25) is 5.02 Å². The minimum absolute atomic E-state index is 0.176. The largest absolute Gasteiger partial charge is 0.334 e. The van der Waals surface area contributed by atoms with Gasteiger partial charge in [-0.05, 0) is 37.1 Å². The zero-order valence-electron chi connectivity index (χ0n) is 18.8. The Labute approximate surface area is 202 Å². The summed E-state index contributed by atoms with van der Waals surface area (Å²) >= 11 is 6.15. The molecule has 1 aliphatic rings. The van der Waals surface area contributed by atoms with E-state index in [1.165, 1.54) is 5.56 Å². The fraction of sp³-hybridized carbons (Fsp3) is 0.148. The predicted octanol–water partition coefficient (Wildman–Crippen LogP) is 6.40. The molecule has 6 nitrogen and oxygen atoms in total. The molecule has 0 bridgehead atoms. The van der Waals surface area contributed by atoms with Crippen molar-refractivity contribution in [2.24, 2.45) is 0 Å². The van der Waals surface area contributed by atoms with Crippen molar-refractivity contribution >= 4 is 23.2 Å². The molecule has 0 aliphatic carbocycles. The monoisotopic (exact) mass is 470 g/mol. The minimum Gasteiger partial charge on any atom is -0.334 e. The number of hydrogen-bond donors (Lipinski definition) is 1. The van der Waals surface area contributed by atoms with Crippen LogP contribution in [-0.4, -0.2) is 21.1 Å². The molecule has 1 N–H and O–H groups in total. The smallest absolute Gasteiger partial charge is 0.322 e. The van der Waals surface area contributed by atoms with Crippen LogP contribution < -0.4 is 5.32 Å². The molecule has 170 valence electrons. The first-order valence-corrected chi connectivity index (χ1v) is 11.4. The van der Waals surface area contributed by atoms with Crippen molar-refractivity contribution in [3.8, 4) is 11.4 Å². The van der Waals surface area contributed by atoms with Gasteiger partial charge < -0.3 is 9.84 Å². The molecular formula is C27H23ClN4O2. The van der Waals surface area contributed by atoms with E-state index in [-0.39, 0.29) is 6.03 Å². The van der Waals surface area contributed by atoms with Crippen LogP contribution in [0.25, 0.3) is 17.0 Å². The lowest BCUT2D eigenvalue weighted by Crippen LogP contribution is -2.45. The highest BCUT2D eigenvalue weighted by Crippen LogP contribution is 2.38. The number of benzene rings is 3. The third kappa shape index (κ3) is 4.32. The Morgan fingerprint density at radius 2 is 1.76 bits per heavy atom. The average Bonchev–Trinajstić information content (AvgIpc) is 3.33. The van der Waals surface area contributed by atoms with E-state index in [1.807, 2.05) is 80.6 Å². The van der Waals surface area contributed by atoms with Gasteiger partial charge >= 0.3 is 6.03 Å². The van der Waals surface area contributed by atoms with Gasteiger partial charge in [-0.3, -0.25) is 4.90 Å². The highest BCUT2D eigenvalue weighted by molar-refractivity contribution is 6.30. The number of aryl methyl sites for hydroxylation is 1. The molecule has 1 atom stereocenters. The number of carbonyl (C=O) groups is 1. The lowest BCUT2D eigenvalue weighted by atomic mass is 9.94. The number of rotatable bonds is 5. The summed E-state index contributed by atoms with van der Waals surface area (Å²) in [7, 11) is 0. The predicted molar refractivity (Wildman–Crippen MR) is 132 cm³/mol. The molecule has 0 spiro atoms. The van der Waals surface area contributed by atoms with E-state index >= 15 is 0 Å². The SMILES string of the molecule is CC1=C(c2nc(-c3cccc(Cl)c3)no2)C(c2ccccc2)NC(=O)N1Cc1ccc(C)cc1. The van der Waals surface area contributed by atoms with Crippen LogP contribution in [0.1, 0.15) is 35.5 Å². The maximum Gasteiger partial charge on any atom is 0.322 e. The van der Waals surface area contributed by atoms with Gasteiger partial charge in [-0.25, -0.2) is 4.79 Å². The molecule has 34 heavy (non-hydrogen) atoms. The number of allylic oxidation sites excluding steroid dienone is 1. The molecule has 0 saturated carbocycles. The third-order valence-corrected chi connectivity index (χ3v) is 6.16. The summed E-state index contributed by atoms with van der Waals surface area (Å²) in [5.41, 5.74) is 5.42. The second-order valence-corrected chi connectivity index (χ2v) is 8.73. The minimum atomic E-state index is -0.421. The molecule has 5 rings (SSSR count). The molecule has 2 heterocycles. The van der Waals surface area contributed by atoms with Gasteiger partial charge in [-0.1, -0.05) is 89.1 Å². The highest BCUT2D eigenvalue weighted by atomic mass is 35.5. The van der Waals surface area contributed by atoms with E-state index in [9.17, 15) is 4.79 Å². The summed E-state index contributed by atoms with van der Waals surface area (Å²) in [4.78, 5) is 19.6. The number of halogens is 1. The second kappa shape index (κ2) is 9.15. The van der Waals surface area contributed by atoms with Crippen LogP contribution in [0.4, 0.5) is 4.79 Å². The molecule has 7 heteroatoms. The number of carbonyl (C=O) groups excluding carboxylic acids is 1. The molecular weight excluding hydrogens is 448 g/mol. The van der Waals surface area contributed by atoms with Gasteiger partial charge in [0.25, 0.3) is 5.89 Å². The number of aromatic nitrogens is 2. The van der Waals surface area contributed by atoms with Gasteiger partial charge in [0.1, 0.15) is 0 Å². The number of nitrogens with zero attached hydrogens (tertiary/aromatic N) is 3. The summed E-state index contributed by atoms with van der Waals surface area (Å²) in [5.74, 6) is 0.793. The van der Waals surface area contributed by atoms with Crippen LogP contribution in [0.3, 0.4) is 0 Å². The summed E-state index contributed by atoms with van der Waals surface area (Å²) < 4.78 is 5.73. The summed E-state index contributed by atoms with van der Waals surface area (Å²) in [6.45, 7) is 4.39. The van der Waals surface area contributed by atoms with E-state index < -0.39 is 6.04 Å². The van der Waals surface area contributed by atoms with Gasteiger partial charge in [-0.15, -0.1) is 0 Å². The van der Waals surface area contributed by atoms with Crippen molar-refractivity contribution in [1.29, 1.82) is 0 Å². The molecule has 0 saturated heterocycles. The van der Waals surface area contributed by atoms with Gasteiger partial charge in [0, 0.05) is 16.3 Å². The average molecular weight is 471 g/mol. The van der Waals surface area contributed by atoms with E-state index in [0.717, 1.165) is 28.0 Å². The lowest BCUT2D eigenvalue weighted by molar-refractivity contribution is 0.203. The van der Waals surface area contributed by atoms with Gasteiger partial charge in [0.2, 0.25) is 5.82 Å². The molecule has 1 unspecified atom stereocenters. The van der Waals surface area contributed by atoms with Crippen molar-refractivity contribution in [2.45, 2.75) is 26.4 Å². The Hall–Kier alpha value is -3.90. The van der Waals surface area contributed by atoms with E-state index in [1.54, 1.807) is 17.0 Å². The Bertz CT molecular complexity index is 1360. The maximum absolute atomic E-state index is 13.2. The number of amides is 2. The van der Waals surface area contributed by atoms with Crippen molar-refractivity contribution in [2.75, 3.05) is 0 Å². The van der Waals surface area contributed by atoms with E-state index in [4.69, 9.17) is 16.1 Å². The molecule has 1 aliphatic heterocycles. The normalized spacial score (nSPS) is 16.0. The maximum atomic E-state index is 13.2. The fourth-order valence-corrected chi connectivity index (χ4v) is 4.29. The molecule has 4 aromatic rings. The van der Waals surface area contributed by atoms with Crippen molar-refractivity contribution in [1.82, 2.24) is 20.4 Å². The van der Waals surface area contributed by atoms with Crippen LogP contribution in [0, 0.1) is 6.92 Å². The number of hydrogen-bond acceptors (Lipinski definition) is 4. The quantitative estimate of drug-likeness (QED) is 0.366. The summed E-state index contributed by atoms with van der Waals surface area (Å²) in [6, 6.07) is 24.6. The molecule has 1 aromatic heterocycles. The third-order valence-electron chi connectivity index (χ3n) is 5.93. The highest BCUT2D eigenvalue weighted by Gasteiger charge is 2.35. The topological polar surface area (TPSA) is 71.3 Å². The van der Waals surface area contributed by atoms with Crippen LogP contribution in [-0.2, 0) is 6.54 Å². The first-order chi connectivity index (χ1) is 16.5. The van der Waals surface area contributed by atoms with Crippen molar-refractivity contribution < 1.29 is 9.32 Å². The van der Waals surface area contributed by atoms with E-state index in [2.05, 4.69) is 15.5 Å². The van der Waals surface area contributed by atoms with Crippen LogP contribution >= 0.6 is 11.6 Å². The van der Waals surface area contributed by atoms with Gasteiger partial charge in [0.15, 0.2) is 0 Å². The molecule has 3 aromatic carbocycles. The van der Waals surface area contributed by atoms with Gasteiger partial charge in [-0.2, -0.15) is 4.98 Å². The summed E-state index contributed by atoms with van der Waals surface area (Å²) in [5, 5.41) is 7.92. The zero-order chi connectivity index (χ0) is 23.7. The lowest BCUT2D eigenvalue weighted by Gasteiger charge is -2.35. The number of nitrogens with one attached hydrogen (secondary N) is 1. The van der Waals surface area contributed by atoms with Crippen molar-refractivity contribution in [3.05, 3.63) is 112 Å². The van der Waals surface area contributed by atoms with E-state index in [0.29, 0.717) is 23.3 Å². The second-order valence-electron chi connectivity index (χ2n) is 8.30. The Balaban J connectivity index is 1.59. The van der Waals surface area contributed by atoms with Crippen LogP contribution in [0.5, 0.6) is 0 Å². The molecule has 2 amide bonds. The Morgan fingerprint density at radius 3 is 2.50 bits per heavy atom. The summed E-state index contributed by atoms with van der Waals surface area (Å²) in [6.07, 6.45) is 0. The first-order valence-electron chi connectivity index (χ1n) is 11.0. The number of urea groups is 1. The first kappa shape index (κ1) is 21.9. The fourth-order valence-electron chi connectivity index (χ4n) is 4.10. The standard InChI is InChI=1S/C27H23ClN4O2/c1-17-11-13-19(14-12-17)16-32-18(2)23(24(29-27(32)33)20-7-4-3-5-8-20)26-30-25(31-34-26)21-9-6-10-22(28)15-21/h3-15,24H,16H2,1-2H3,(H,29,33). The zero-order valence-corrected chi connectivity index (χ0v) is 19.6. The van der Waals surface area contributed by atoms with Crippen LogP contribution in [0.15, 0.2) is 89.1 Å². The van der Waals surface area contributed by atoms with Crippen molar-refractivity contribution in [3.63, 3.8) is 0 Å². The Morgan fingerprint density at radius 1 is 1.00 bits per heavy atom. The molecule has 0 fully saturated rings. The molecule has 0 radical (unpaired) electrons.